The molecule has 0 atom stereocenters. The zero-order chi connectivity index (χ0) is 19.9. The van der Waals surface area contributed by atoms with Gasteiger partial charge < -0.3 is 15.0 Å². The van der Waals surface area contributed by atoms with E-state index in [1.807, 2.05) is 41.3 Å². The molecule has 2 aromatic carbocycles. The predicted molar refractivity (Wildman–Crippen MR) is 110 cm³/mol. The van der Waals surface area contributed by atoms with Crippen molar-refractivity contribution in [2.24, 2.45) is 0 Å². The average Bonchev–Trinajstić information content (AvgIpc) is 2.74. The molecular weight excluding hydrogens is 354 g/mol. The van der Waals surface area contributed by atoms with Crippen molar-refractivity contribution >= 4 is 17.5 Å². The smallest absolute Gasteiger partial charge is 0.254 e. The van der Waals surface area contributed by atoms with Crippen molar-refractivity contribution in [2.45, 2.75) is 13.3 Å². The van der Waals surface area contributed by atoms with Crippen LogP contribution in [-0.4, -0.2) is 61.4 Å². The Morgan fingerprint density at radius 1 is 1.04 bits per heavy atom. The van der Waals surface area contributed by atoms with Gasteiger partial charge in [-0.3, -0.25) is 14.5 Å². The average molecular weight is 381 g/mol. The SMILES string of the molecule is CCc1ccccc1NC(=O)CN1CCN(C(=O)c2cccc(OC)c2)CC1. The minimum atomic E-state index is -0.0199. The molecule has 1 heterocycles. The molecule has 1 aliphatic rings. The van der Waals surface area contributed by atoms with Gasteiger partial charge in [0.05, 0.1) is 13.7 Å². The highest BCUT2D eigenvalue weighted by Gasteiger charge is 2.23. The summed E-state index contributed by atoms with van der Waals surface area (Å²) in [7, 11) is 1.59. The van der Waals surface area contributed by atoms with Crippen molar-refractivity contribution in [3.05, 3.63) is 59.7 Å². The van der Waals surface area contributed by atoms with Crippen LogP contribution in [-0.2, 0) is 11.2 Å². The van der Waals surface area contributed by atoms with E-state index in [1.165, 1.54) is 0 Å². The highest BCUT2D eigenvalue weighted by atomic mass is 16.5. The standard InChI is InChI=1S/C22H27N3O3/c1-3-17-7-4-5-10-20(17)23-21(26)16-24-11-13-25(14-12-24)22(27)18-8-6-9-19(15-18)28-2/h4-10,15H,3,11-14,16H2,1-2H3,(H,23,26). The number of piperazine rings is 1. The molecule has 2 amide bonds. The summed E-state index contributed by atoms with van der Waals surface area (Å²) in [5.74, 6) is 0.655. The summed E-state index contributed by atoms with van der Waals surface area (Å²) in [6, 6.07) is 15.1. The van der Waals surface area contributed by atoms with Gasteiger partial charge in [0.1, 0.15) is 5.75 Å². The first-order valence-corrected chi connectivity index (χ1v) is 9.64. The highest BCUT2D eigenvalue weighted by molar-refractivity contribution is 5.95. The normalized spacial score (nSPS) is 14.6. The minimum Gasteiger partial charge on any atom is -0.497 e. The largest absolute Gasteiger partial charge is 0.497 e. The predicted octanol–water partition coefficient (Wildman–Crippen LogP) is 2.65. The lowest BCUT2D eigenvalue weighted by Crippen LogP contribution is -2.50. The zero-order valence-corrected chi connectivity index (χ0v) is 16.5. The van der Waals surface area contributed by atoms with Crippen molar-refractivity contribution in [2.75, 3.05) is 45.2 Å². The number of methoxy groups -OCH3 is 1. The van der Waals surface area contributed by atoms with Gasteiger partial charge in [0.15, 0.2) is 0 Å². The molecule has 0 aliphatic carbocycles. The molecule has 0 saturated carbocycles. The van der Waals surface area contributed by atoms with Crippen molar-refractivity contribution in [3.8, 4) is 5.75 Å². The van der Waals surface area contributed by atoms with E-state index in [4.69, 9.17) is 4.74 Å². The van der Waals surface area contributed by atoms with Gasteiger partial charge in [-0.15, -0.1) is 0 Å². The minimum absolute atomic E-state index is 0.000116. The van der Waals surface area contributed by atoms with Crippen LogP contribution in [0, 0.1) is 0 Å². The van der Waals surface area contributed by atoms with E-state index in [9.17, 15) is 9.59 Å². The van der Waals surface area contributed by atoms with Crippen molar-refractivity contribution < 1.29 is 14.3 Å². The maximum atomic E-state index is 12.7. The topological polar surface area (TPSA) is 61.9 Å². The summed E-state index contributed by atoms with van der Waals surface area (Å²) < 4.78 is 5.20. The van der Waals surface area contributed by atoms with Crippen LogP contribution in [0.15, 0.2) is 48.5 Å². The Kier molecular flexibility index (Phi) is 6.66. The third kappa shape index (κ3) is 4.89. The second-order valence-corrected chi connectivity index (χ2v) is 6.86. The van der Waals surface area contributed by atoms with E-state index in [2.05, 4.69) is 17.1 Å². The monoisotopic (exact) mass is 381 g/mol. The number of rotatable bonds is 6. The molecule has 0 spiro atoms. The fourth-order valence-corrected chi connectivity index (χ4v) is 3.39. The Morgan fingerprint density at radius 3 is 2.50 bits per heavy atom. The number of nitrogens with zero attached hydrogens (tertiary/aromatic N) is 2. The van der Waals surface area contributed by atoms with E-state index >= 15 is 0 Å². The van der Waals surface area contributed by atoms with Crippen LogP contribution in [0.1, 0.15) is 22.8 Å². The molecule has 3 rings (SSSR count). The van der Waals surface area contributed by atoms with Gasteiger partial charge in [0, 0.05) is 37.4 Å². The molecule has 0 radical (unpaired) electrons. The molecule has 0 aromatic heterocycles. The third-order valence-corrected chi connectivity index (χ3v) is 5.02. The molecule has 1 fully saturated rings. The van der Waals surface area contributed by atoms with Crippen molar-refractivity contribution in [1.82, 2.24) is 9.80 Å². The number of carbonyl (C=O) groups excluding carboxylic acids is 2. The fourth-order valence-electron chi connectivity index (χ4n) is 3.39. The Hall–Kier alpha value is -2.86. The third-order valence-electron chi connectivity index (χ3n) is 5.02. The van der Waals surface area contributed by atoms with Gasteiger partial charge in [0.2, 0.25) is 5.91 Å². The lowest BCUT2D eigenvalue weighted by molar-refractivity contribution is -0.117. The van der Waals surface area contributed by atoms with Crippen molar-refractivity contribution in [3.63, 3.8) is 0 Å². The lowest BCUT2D eigenvalue weighted by Gasteiger charge is -2.34. The highest BCUT2D eigenvalue weighted by Crippen LogP contribution is 2.17. The number of carbonyl (C=O) groups is 2. The first kappa shape index (κ1) is 19.9. The van der Waals surface area contributed by atoms with E-state index in [1.54, 1.807) is 19.2 Å². The van der Waals surface area contributed by atoms with Gasteiger partial charge in [-0.05, 0) is 36.2 Å². The van der Waals surface area contributed by atoms with Crippen LogP contribution in [0.3, 0.4) is 0 Å². The molecule has 6 nitrogen and oxygen atoms in total. The van der Waals surface area contributed by atoms with Crippen LogP contribution in [0.2, 0.25) is 0 Å². The summed E-state index contributed by atoms with van der Waals surface area (Å²) >= 11 is 0. The van der Waals surface area contributed by atoms with Gasteiger partial charge >= 0.3 is 0 Å². The number of amides is 2. The Morgan fingerprint density at radius 2 is 1.79 bits per heavy atom. The van der Waals surface area contributed by atoms with Gasteiger partial charge in [0.25, 0.3) is 5.91 Å². The zero-order valence-electron chi connectivity index (χ0n) is 16.5. The van der Waals surface area contributed by atoms with E-state index in [0.717, 1.165) is 17.7 Å². The Labute approximate surface area is 166 Å². The van der Waals surface area contributed by atoms with Crippen LogP contribution in [0.25, 0.3) is 0 Å². The Balaban J connectivity index is 1.51. The van der Waals surface area contributed by atoms with Crippen molar-refractivity contribution in [1.29, 1.82) is 0 Å². The fraction of sp³-hybridized carbons (Fsp3) is 0.364. The molecular formula is C22H27N3O3. The van der Waals surface area contributed by atoms with Crippen LogP contribution >= 0.6 is 0 Å². The van der Waals surface area contributed by atoms with Gasteiger partial charge in [-0.2, -0.15) is 0 Å². The van der Waals surface area contributed by atoms with E-state index in [-0.39, 0.29) is 11.8 Å². The number of anilines is 1. The molecule has 1 saturated heterocycles. The first-order valence-electron chi connectivity index (χ1n) is 9.64. The summed E-state index contributed by atoms with van der Waals surface area (Å²) in [5, 5.41) is 3.01. The van der Waals surface area contributed by atoms with Crippen LogP contribution < -0.4 is 10.1 Å². The number of aryl methyl sites for hydroxylation is 1. The first-order chi connectivity index (χ1) is 13.6. The number of hydrogen-bond donors (Lipinski definition) is 1. The molecule has 28 heavy (non-hydrogen) atoms. The lowest BCUT2D eigenvalue weighted by atomic mass is 10.1. The number of hydrogen-bond acceptors (Lipinski definition) is 4. The molecule has 0 bridgehead atoms. The number of para-hydroxylation sites is 1. The number of benzene rings is 2. The second kappa shape index (κ2) is 9.37. The summed E-state index contributed by atoms with van der Waals surface area (Å²) in [5.41, 5.74) is 2.63. The molecule has 6 heteroatoms. The van der Waals surface area contributed by atoms with E-state index in [0.29, 0.717) is 44.0 Å². The quantitative estimate of drug-likeness (QED) is 0.836. The summed E-state index contributed by atoms with van der Waals surface area (Å²) in [6.07, 6.45) is 0.876. The van der Waals surface area contributed by atoms with Crippen LogP contribution in [0.5, 0.6) is 5.75 Å². The summed E-state index contributed by atoms with van der Waals surface area (Å²) in [6.45, 7) is 4.98. The molecule has 0 unspecified atom stereocenters. The van der Waals surface area contributed by atoms with Crippen LogP contribution in [0.4, 0.5) is 5.69 Å². The molecule has 148 valence electrons. The van der Waals surface area contributed by atoms with E-state index < -0.39 is 0 Å². The van der Waals surface area contributed by atoms with Gasteiger partial charge in [-0.1, -0.05) is 31.2 Å². The Bertz CT molecular complexity index is 829. The second-order valence-electron chi connectivity index (χ2n) is 6.86. The molecule has 1 N–H and O–H groups in total. The number of nitrogens with one attached hydrogen (secondary N) is 1. The number of ether oxygens (including phenoxy) is 1. The van der Waals surface area contributed by atoms with Gasteiger partial charge in [-0.25, -0.2) is 0 Å². The maximum Gasteiger partial charge on any atom is 0.254 e. The summed E-state index contributed by atoms with van der Waals surface area (Å²) in [4.78, 5) is 29.0. The maximum absolute atomic E-state index is 12.7. The molecule has 2 aromatic rings. The molecule has 1 aliphatic heterocycles.